The summed E-state index contributed by atoms with van der Waals surface area (Å²) in [5.41, 5.74) is 0.816. The van der Waals surface area contributed by atoms with Gasteiger partial charge in [-0.05, 0) is 36.5 Å². The molecule has 1 aromatic rings. The zero-order valence-corrected chi connectivity index (χ0v) is 10.9. The first-order valence-electron chi connectivity index (χ1n) is 5.55. The third-order valence-corrected chi connectivity index (χ3v) is 3.81. The quantitative estimate of drug-likeness (QED) is 0.593. The van der Waals surface area contributed by atoms with Crippen molar-refractivity contribution in [3.8, 4) is 0 Å². The number of benzene rings is 1. The van der Waals surface area contributed by atoms with Crippen molar-refractivity contribution >= 4 is 22.2 Å². The summed E-state index contributed by atoms with van der Waals surface area (Å²) in [7, 11) is 0. The summed E-state index contributed by atoms with van der Waals surface area (Å²) in [6.07, 6.45) is 7.18. The molecule has 0 heterocycles. The molecule has 84 valence electrons. The predicted octanol–water partition coefficient (Wildman–Crippen LogP) is 3.87. The lowest BCUT2D eigenvalue weighted by atomic mass is 9.70. The van der Waals surface area contributed by atoms with Gasteiger partial charge in [0.15, 0.2) is 0 Å². The molecule has 2 atom stereocenters. The maximum absolute atomic E-state index is 11.5. The van der Waals surface area contributed by atoms with E-state index in [0.29, 0.717) is 5.92 Å². The van der Waals surface area contributed by atoms with Crippen molar-refractivity contribution in [1.29, 1.82) is 0 Å². The second-order valence-electron chi connectivity index (χ2n) is 4.59. The van der Waals surface area contributed by atoms with E-state index >= 15 is 0 Å². The van der Waals surface area contributed by atoms with Crippen LogP contribution in [0.25, 0.3) is 0 Å². The lowest BCUT2D eigenvalue weighted by Gasteiger charge is -2.32. The third kappa shape index (κ3) is 2.12. The summed E-state index contributed by atoms with van der Waals surface area (Å²) in [5, 5.41) is 0. The second kappa shape index (κ2) is 4.54. The highest BCUT2D eigenvalue weighted by Crippen LogP contribution is 2.37. The minimum Gasteiger partial charge on any atom is -0.302 e. The van der Waals surface area contributed by atoms with Gasteiger partial charge >= 0.3 is 0 Å². The monoisotopic (exact) mass is 278 g/mol. The van der Waals surface area contributed by atoms with Gasteiger partial charge in [0.05, 0.1) is 5.41 Å². The van der Waals surface area contributed by atoms with Crippen molar-refractivity contribution in [3.05, 3.63) is 46.5 Å². The van der Waals surface area contributed by atoms with E-state index in [1.54, 1.807) is 0 Å². The van der Waals surface area contributed by atoms with Crippen LogP contribution in [0, 0.1) is 5.92 Å². The van der Waals surface area contributed by atoms with Crippen molar-refractivity contribution in [2.75, 3.05) is 0 Å². The minimum atomic E-state index is -0.311. The molecule has 1 nitrogen and oxygen atoms in total. The van der Waals surface area contributed by atoms with Gasteiger partial charge in [0.1, 0.15) is 6.29 Å². The first-order valence-corrected chi connectivity index (χ1v) is 6.35. The number of rotatable bonds is 2. The van der Waals surface area contributed by atoms with Crippen molar-refractivity contribution in [1.82, 2.24) is 0 Å². The van der Waals surface area contributed by atoms with Gasteiger partial charge in [0.25, 0.3) is 0 Å². The summed E-state index contributed by atoms with van der Waals surface area (Å²) in [4.78, 5) is 11.5. The van der Waals surface area contributed by atoms with Crippen LogP contribution in [0.15, 0.2) is 40.9 Å². The van der Waals surface area contributed by atoms with E-state index < -0.39 is 0 Å². The Morgan fingerprint density at radius 2 is 2.06 bits per heavy atom. The van der Waals surface area contributed by atoms with Crippen molar-refractivity contribution in [2.24, 2.45) is 5.92 Å². The van der Waals surface area contributed by atoms with Crippen LogP contribution in [0.2, 0.25) is 0 Å². The van der Waals surface area contributed by atoms with E-state index in [0.717, 1.165) is 29.2 Å². The summed E-state index contributed by atoms with van der Waals surface area (Å²) in [6.45, 7) is 2.16. The molecule has 0 N–H and O–H groups in total. The smallest absolute Gasteiger partial charge is 0.130 e. The van der Waals surface area contributed by atoms with Crippen molar-refractivity contribution < 1.29 is 4.79 Å². The van der Waals surface area contributed by atoms with Crippen LogP contribution in [0.4, 0.5) is 0 Å². The molecule has 1 aliphatic carbocycles. The Bertz CT molecular complexity index is 407. The first-order chi connectivity index (χ1) is 7.66. The molecule has 0 unspecified atom stereocenters. The number of allylic oxidation sites excluding steroid dienone is 2. The Labute approximate surface area is 105 Å². The van der Waals surface area contributed by atoms with Gasteiger partial charge in [-0.25, -0.2) is 0 Å². The van der Waals surface area contributed by atoms with Gasteiger partial charge in [-0.1, -0.05) is 47.1 Å². The largest absolute Gasteiger partial charge is 0.302 e. The van der Waals surface area contributed by atoms with Crippen LogP contribution in [-0.4, -0.2) is 6.29 Å². The average Bonchev–Trinajstić information content (AvgIpc) is 2.29. The number of carbonyl (C=O) groups is 1. The zero-order chi connectivity index (χ0) is 11.6. The Hall–Kier alpha value is -0.890. The summed E-state index contributed by atoms with van der Waals surface area (Å²) in [6, 6.07) is 8.10. The molecule has 0 aromatic heterocycles. The van der Waals surface area contributed by atoms with Crippen LogP contribution in [-0.2, 0) is 10.2 Å². The van der Waals surface area contributed by atoms with E-state index in [1.807, 2.05) is 24.3 Å². The number of aldehydes is 1. The molecular formula is C14H15BrO. The Balaban J connectivity index is 2.38. The summed E-state index contributed by atoms with van der Waals surface area (Å²) < 4.78 is 1.05. The van der Waals surface area contributed by atoms with E-state index in [9.17, 15) is 4.79 Å². The predicted molar refractivity (Wildman–Crippen MR) is 69.4 cm³/mol. The van der Waals surface area contributed by atoms with Crippen molar-refractivity contribution in [3.63, 3.8) is 0 Å². The fraction of sp³-hybridized carbons (Fsp3) is 0.357. The highest BCUT2D eigenvalue weighted by Gasteiger charge is 2.34. The SMILES string of the molecule is C[C@@H]1C=CC[C@](C=O)(c2ccc(Br)cc2)C1. The van der Waals surface area contributed by atoms with Crippen LogP contribution in [0.1, 0.15) is 25.3 Å². The van der Waals surface area contributed by atoms with E-state index in [-0.39, 0.29) is 5.41 Å². The number of halogens is 1. The molecule has 0 spiro atoms. The van der Waals surface area contributed by atoms with Gasteiger partial charge in [0.2, 0.25) is 0 Å². The number of carbonyl (C=O) groups excluding carboxylic acids is 1. The Kier molecular flexibility index (Phi) is 3.29. The Morgan fingerprint density at radius 3 is 2.62 bits per heavy atom. The number of hydrogen-bond acceptors (Lipinski definition) is 1. The first kappa shape index (κ1) is 11.6. The summed E-state index contributed by atoms with van der Waals surface area (Å²) in [5.74, 6) is 0.475. The summed E-state index contributed by atoms with van der Waals surface area (Å²) >= 11 is 3.42. The van der Waals surface area contributed by atoms with Gasteiger partial charge < -0.3 is 4.79 Å². The zero-order valence-electron chi connectivity index (χ0n) is 9.32. The molecule has 0 aliphatic heterocycles. The van der Waals surface area contributed by atoms with Crippen LogP contribution in [0.5, 0.6) is 0 Å². The molecule has 0 radical (unpaired) electrons. The molecule has 0 fully saturated rings. The highest BCUT2D eigenvalue weighted by atomic mass is 79.9. The van der Waals surface area contributed by atoms with Gasteiger partial charge in [-0.3, -0.25) is 0 Å². The standard InChI is InChI=1S/C14H15BrO/c1-11-3-2-8-14(9-11,10-16)12-4-6-13(15)7-5-12/h2-7,10-11H,8-9H2,1H3/t11-,14+/m1/s1. The van der Waals surface area contributed by atoms with Crippen LogP contribution < -0.4 is 0 Å². The molecule has 1 aromatic carbocycles. The molecule has 2 rings (SSSR count). The van der Waals surface area contributed by atoms with Gasteiger partial charge in [-0.15, -0.1) is 0 Å². The second-order valence-corrected chi connectivity index (χ2v) is 5.51. The Morgan fingerprint density at radius 1 is 1.38 bits per heavy atom. The normalized spacial score (nSPS) is 29.0. The maximum Gasteiger partial charge on any atom is 0.130 e. The number of hydrogen-bond donors (Lipinski definition) is 0. The lowest BCUT2D eigenvalue weighted by molar-refractivity contribution is -0.113. The molecule has 0 bridgehead atoms. The topological polar surface area (TPSA) is 17.1 Å². The van der Waals surface area contributed by atoms with Crippen molar-refractivity contribution in [2.45, 2.75) is 25.2 Å². The van der Waals surface area contributed by atoms with Crippen LogP contribution in [0.3, 0.4) is 0 Å². The molecule has 0 saturated carbocycles. The third-order valence-electron chi connectivity index (χ3n) is 3.28. The van der Waals surface area contributed by atoms with Gasteiger partial charge in [-0.2, -0.15) is 0 Å². The fourth-order valence-corrected chi connectivity index (χ4v) is 2.68. The molecule has 16 heavy (non-hydrogen) atoms. The lowest BCUT2D eigenvalue weighted by Crippen LogP contribution is -2.31. The molecule has 0 saturated heterocycles. The van der Waals surface area contributed by atoms with E-state index in [2.05, 4.69) is 35.0 Å². The van der Waals surface area contributed by atoms with E-state index in [4.69, 9.17) is 0 Å². The highest BCUT2D eigenvalue weighted by molar-refractivity contribution is 9.10. The average molecular weight is 279 g/mol. The maximum atomic E-state index is 11.5. The molecule has 1 aliphatic rings. The molecular weight excluding hydrogens is 264 g/mol. The molecule has 2 heteroatoms. The fourth-order valence-electron chi connectivity index (χ4n) is 2.42. The van der Waals surface area contributed by atoms with E-state index in [1.165, 1.54) is 0 Å². The minimum absolute atomic E-state index is 0.311. The van der Waals surface area contributed by atoms with Crippen LogP contribution >= 0.6 is 15.9 Å². The van der Waals surface area contributed by atoms with Gasteiger partial charge in [0, 0.05) is 4.47 Å². The molecule has 0 amide bonds.